The van der Waals surface area contributed by atoms with E-state index in [0.717, 1.165) is 12.5 Å². The van der Waals surface area contributed by atoms with Crippen molar-refractivity contribution in [3.05, 3.63) is 88.4 Å². The Balaban J connectivity index is 1.83. The Bertz CT molecular complexity index is 984. The van der Waals surface area contributed by atoms with E-state index in [1.54, 1.807) is 22.9 Å². The summed E-state index contributed by atoms with van der Waals surface area (Å²) in [5, 5.41) is 10.9. The van der Waals surface area contributed by atoms with Crippen LogP contribution in [0.2, 0.25) is 0 Å². The number of benzene rings is 2. The fourth-order valence-electron chi connectivity index (χ4n) is 2.81. The molecular weight excluding hydrogens is 316 g/mol. The van der Waals surface area contributed by atoms with Gasteiger partial charge in [-0.25, -0.2) is 5.48 Å². The van der Waals surface area contributed by atoms with Gasteiger partial charge >= 0.3 is 0 Å². The standard InChI is InChI=1S/C20H18N2O3/c23-19(21-25)11-10-17-8-4-13-22(20(17)24)14-12-16-7-3-6-15-5-1-2-9-18(15)16/h1-11,13,25H,12,14H2,(H,21,23)/b11-10+. The van der Waals surface area contributed by atoms with Crippen LogP contribution >= 0.6 is 0 Å². The number of hydrogen-bond acceptors (Lipinski definition) is 3. The molecule has 0 spiro atoms. The Morgan fingerprint density at radius 3 is 2.72 bits per heavy atom. The van der Waals surface area contributed by atoms with E-state index in [4.69, 9.17) is 5.21 Å². The first-order chi connectivity index (χ1) is 12.2. The number of aryl methyl sites for hydroxylation is 2. The van der Waals surface area contributed by atoms with E-state index >= 15 is 0 Å². The first kappa shape index (κ1) is 16.7. The Morgan fingerprint density at radius 2 is 1.88 bits per heavy atom. The van der Waals surface area contributed by atoms with Gasteiger partial charge in [0.15, 0.2) is 0 Å². The second kappa shape index (κ2) is 7.59. The van der Waals surface area contributed by atoms with Crippen LogP contribution in [0.4, 0.5) is 0 Å². The molecule has 2 N–H and O–H groups in total. The topological polar surface area (TPSA) is 71.3 Å². The lowest BCUT2D eigenvalue weighted by atomic mass is 10.0. The van der Waals surface area contributed by atoms with Gasteiger partial charge in [0, 0.05) is 24.4 Å². The molecule has 0 saturated carbocycles. The minimum atomic E-state index is -0.675. The molecule has 1 amide bonds. The first-order valence-corrected chi connectivity index (χ1v) is 7.97. The van der Waals surface area contributed by atoms with Crippen LogP contribution in [-0.2, 0) is 17.8 Å². The molecule has 0 radical (unpaired) electrons. The summed E-state index contributed by atoms with van der Waals surface area (Å²) in [4.78, 5) is 23.5. The lowest BCUT2D eigenvalue weighted by Gasteiger charge is -2.09. The molecule has 0 aliphatic rings. The van der Waals surface area contributed by atoms with Crippen molar-refractivity contribution in [2.45, 2.75) is 13.0 Å². The van der Waals surface area contributed by atoms with E-state index < -0.39 is 5.91 Å². The SMILES string of the molecule is O=C(/C=C/c1cccn(CCc2cccc3ccccc23)c1=O)NO. The van der Waals surface area contributed by atoms with E-state index in [1.807, 2.05) is 18.2 Å². The summed E-state index contributed by atoms with van der Waals surface area (Å²) in [5.41, 5.74) is 2.90. The van der Waals surface area contributed by atoms with Crippen LogP contribution in [0.5, 0.6) is 0 Å². The van der Waals surface area contributed by atoms with Gasteiger partial charge in [-0.1, -0.05) is 42.5 Å². The summed E-state index contributed by atoms with van der Waals surface area (Å²) in [7, 11) is 0. The van der Waals surface area contributed by atoms with Crippen LogP contribution in [-0.4, -0.2) is 15.7 Å². The van der Waals surface area contributed by atoms with Gasteiger partial charge in [0.25, 0.3) is 11.5 Å². The molecule has 0 fully saturated rings. The molecule has 1 heterocycles. The summed E-state index contributed by atoms with van der Waals surface area (Å²) in [5.74, 6) is -0.675. The zero-order chi connectivity index (χ0) is 17.6. The second-order valence-corrected chi connectivity index (χ2v) is 5.66. The van der Waals surface area contributed by atoms with E-state index in [-0.39, 0.29) is 5.56 Å². The fourth-order valence-corrected chi connectivity index (χ4v) is 2.81. The number of hydrogen-bond donors (Lipinski definition) is 2. The molecule has 0 saturated heterocycles. The smallest absolute Gasteiger partial charge is 0.267 e. The second-order valence-electron chi connectivity index (χ2n) is 5.66. The highest BCUT2D eigenvalue weighted by Crippen LogP contribution is 2.19. The Morgan fingerprint density at radius 1 is 1.08 bits per heavy atom. The van der Waals surface area contributed by atoms with Gasteiger partial charge in [-0.3, -0.25) is 14.8 Å². The number of nitrogens with zero attached hydrogens (tertiary/aromatic N) is 1. The first-order valence-electron chi connectivity index (χ1n) is 7.97. The molecule has 5 nitrogen and oxygen atoms in total. The van der Waals surface area contributed by atoms with Crippen molar-refractivity contribution in [3.8, 4) is 0 Å². The zero-order valence-corrected chi connectivity index (χ0v) is 13.6. The number of hydroxylamine groups is 1. The molecule has 126 valence electrons. The van der Waals surface area contributed by atoms with Gasteiger partial charge in [-0.05, 0) is 41.0 Å². The van der Waals surface area contributed by atoms with Gasteiger partial charge in [-0.2, -0.15) is 0 Å². The van der Waals surface area contributed by atoms with Crippen molar-refractivity contribution in [1.29, 1.82) is 0 Å². The minimum absolute atomic E-state index is 0.176. The van der Waals surface area contributed by atoms with Gasteiger partial charge < -0.3 is 4.57 Å². The van der Waals surface area contributed by atoms with Gasteiger partial charge in [0.1, 0.15) is 0 Å². The average molecular weight is 334 g/mol. The van der Waals surface area contributed by atoms with Gasteiger partial charge in [-0.15, -0.1) is 0 Å². The molecule has 0 aliphatic heterocycles. The number of aromatic nitrogens is 1. The van der Waals surface area contributed by atoms with E-state index in [1.165, 1.54) is 27.9 Å². The number of pyridine rings is 1. The summed E-state index contributed by atoms with van der Waals surface area (Å²) < 4.78 is 1.62. The van der Waals surface area contributed by atoms with Crippen LogP contribution in [0, 0.1) is 0 Å². The highest BCUT2D eigenvalue weighted by Gasteiger charge is 2.04. The summed E-state index contributed by atoms with van der Waals surface area (Å²) in [6.07, 6.45) is 4.97. The number of nitrogens with one attached hydrogen (secondary N) is 1. The molecule has 2 aromatic carbocycles. The quantitative estimate of drug-likeness (QED) is 0.428. The average Bonchev–Trinajstić information content (AvgIpc) is 2.66. The lowest BCUT2D eigenvalue weighted by Crippen LogP contribution is -2.22. The summed E-state index contributed by atoms with van der Waals surface area (Å²) >= 11 is 0. The van der Waals surface area contributed by atoms with Crippen molar-refractivity contribution in [1.82, 2.24) is 10.0 Å². The Hall–Kier alpha value is -3.18. The van der Waals surface area contributed by atoms with Gasteiger partial charge in [0.05, 0.1) is 0 Å². The molecule has 5 heteroatoms. The fraction of sp³-hybridized carbons (Fsp3) is 0.100. The van der Waals surface area contributed by atoms with Crippen molar-refractivity contribution >= 4 is 22.8 Å². The minimum Gasteiger partial charge on any atom is -0.315 e. The van der Waals surface area contributed by atoms with Crippen LogP contribution in [0.15, 0.2) is 71.7 Å². The summed E-state index contributed by atoms with van der Waals surface area (Å²) in [6, 6.07) is 17.7. The predicted octanol–water partition coefficient (Wildman–Crippen LogP) is 2.76. The summed E-state index contributed by atoms with van der Waals surface area (Å²) in [6.45, 7) is 0.542. The maximum absolute atomic E-state index is 12.5. The van der Waals surface area contributed by atoms with Crippen molar-refractivity contribution in [2.75, 3.05) is 0 Å². The molecule has 25 heavy (non-hydrogen) atoms. The van der Waals surface area contributed by atoms with Crippen molar-refractivity contribution < 1.29 is 10.0 Å². The maximum atomic E-state index is 12.5. The molecule has 0 aliphatic carbocycles. The number of carbonyl (C=O) groups is 1. The van der Waals surface area contributed by atoms with Crippen LogP contribution in [0.25, 0.3) is 16.8 Å². The van der Waals surface area contributed by atoms with E-state index in [9.17, 15) is 9.59 Å². The van der Waals surface area contributed by atoms with E-state index in [0.29, 0.717) is 12.1 Å². The van der Waals surface area contributed by atoms with E-state index in [2.05, 4.69) is 24.3 Å². The number of carbonyl (C=O) groups excluding carboxylic acids is 1. The molecule has 3 rings (SSSR count). The van der Waals surface area contributed by atoms with Crippen molar-refractivity contribution in [3.63, 3.8) is 0 Å². The molecule has 1 aromatic heterocycles. The van der Waals surface area contributed by atoms with Gasteiger partial charge in [0.2, 0.25) is 0 Å². The molecular formula is C20H18N2O3. The normalized spacial score (nSPS) is 11.1. The lowest BCUT2D eigenvalue weighted by molar-refractivity contribution is -0.124. The predicted molar refractivity (Wildman–Crippen MR) is 97.3 cm³/mol. The third kappa shape index (κ3) is 3.84. The maximum Gasteiger partial charge on any atom is 0.267 e. The van der Waals surface area contributed by atoms with Crippen molar-refractivity contribution in [2.24, 2.45) is 0 Å². The highest BCUT2D eigenvalue weighted by molar-refractivity contribution is 5.90. The Kier molecular flexibility index (Phi) is 5.06. The molecule has 3 aromatic rings. The Labute approximate surface area is 144 Å². The third-order valence-corrected chi connectivity index (χ3v) is 4.08. The van der Waals surface area contributed by atoms with Crippen LogP contribution in [0.1, 0.15) is 11.1 Å². The molecule has 0 atom stereocenters. The van der Waals surface area contributed by atoms with Crippen LogP contribution in [0.3, 0.4) is 0 Å². The van der Waals surface area contributed by atoms with Crippen LogP contribution < -0.4 is 11.0 Å². The third-order valence-electron chi connectivity index (χ3n) is 4.08. The number of fused-ring (bicyclic) bond motifs is 1. The largest absolute Gasteiger partial charge is 0.315 e. The molecule has 0 bridgehead atoms. The number of rotatable bonds is 5. The highest BCUT2D eigenvalue weighted by atomic mass is 16.5. The molecule has 0 unspecified atom stereocenters. The number of amides is 1. The zero-order valence-electron chi connectivity index (χ0n) is 13.6. The monoisotopic (exact) mass is 334 g/mol.